The molecule has 9 heteroatoms. The molecule has 2 aromatic rings. The molecule has 0 radical (unpaired) electrons. The number of anilines is 1. The molecular weight excluding hydrogens is 438 g/mol. The predicted molar refractivity (Wildman–Crippen MR) is 133 cm³/mol. The number of allylic oxidation sites excluding steroid dienone is 1. The molecule has 1 aromatic heterocycles. The minimum atomic E-state index is -0.225. The van der Waals surface area contributed by atoms with Crippen molar-refractivity contribution in [1.29, 1.82) is 0 Å². The van der Waals surface area contributed by atoms with Crippen LogP contribution in [0.2, 0.25) is 0 Å². The van der Waals surface area contributed by atoms with E-state index in [1.54, 1.807) is 24.2 Å². The van der Waals surface area contributed by atoms with Crippen LogP contribution in [0.15, 0.2) is 52.1 Å². The number of morpholine rings is 1. The van der Waals surface area contributed by atoms with Gasteiger partial charge in [-0.3, -0.25) is 24.5 Å². The van der Waals surface area contributed by atoms with Crippen molar-refractivity contribution < 1.29 is 14.3 Å². The molecule has 0 saturated carbocycles. The van der Waals surface area contributed by atoms with Crippen LogP contribution < -0.4 is 10.2 Å². The number of nitrogens with one attached hydrogen (secondary N) is 1. The smallest absolute Gasteiger partial charge is 0.276 e. The number of benzene rings is 1. The number of amides is 2. The first-order valence-electron chi connectivity index (χ1n) is 10.9. The van der Waals surface area contributed by atoms with Crippen LogP contribution in [0.3, 0.4) is 0 Å². The Hall–Kier alpha value is -3.14. The molecule has 33 heavy (non-hydrogen) atoms. The third-order valence-corrected chi connectivity index (χ3v) is 6.87. The number of nitrogens with zero attached hydrogens (tertiary/aromatic N) is 4. The van der Waals surface area contributed by atoms with Crippen molar-refractivity contribution in [3.8, 4) is 10.4 Å². The Morgan fingerprint density at radius 2 is 2.03 bits per heavy atom. The minimum absolute atomic E-state index is 0.101. The summed E-state index contributed by atoms with van der Waals surface area (Å²) in [5, 5.41) is 2.68. The monoisotopic (exact) mass is 465 g/mol. The van der Waals surface area contributed by atoms with Crippen LogP contribution in [0.25, 0.3) is 10.4 Å². The van der Waals surface area contributed by atoms with Crippen LogP contribution >= 0.6 is 11.3 Å². The fraction of sp³-hybridized carbons (Fsp3) is 0.333. The largest absolute Gasteiger partial charge is 0.379 e. The zero-order valence-corrected chi connectivity index (χ0v) is 19.4. The van der Waals surface area contributed by atoms with Crippen LogP contribution in [-0.4, -0.2) is 76.2 Å². The topological polar surface area (TPSA) is 86.6 Å². The number of carbonyl (C=O) groups excluding carboxylic acids is 2. The molecule has 3 heterocycles. The summed E-state index contributed by atoms with van der Waals surface area (Å²) in [4.78, 5) is 39.5. The van der Waals surface area contributed by atoms with Gasteiger partial charge in [0, 0.05) is 43.3 Å². The molecule has 1 saturated heterocycles. The van der Waals surface area contributed by atoms with Crippen molar-refractivity contribution in [1.82, 2.24) is 10.2 Å². The number of ether oxygens (including phenoxy) is 1. The Balaban J connectivity index is 1.56. The number of hydrogen-bond acceptors (Lipinski definition) is 7. The molecule has 0 aliphatic carbocycles. The van der Waals surface area contributed by atoms with E-state index in [4.69, 9.17) is 4.74 Å². The number of para-hydroxylation sites is 1. The summed E-state index contributed by atoms with van der Waals surface area (Å²) in [6.45, 7) is 7.76. The molecule has 1 aromatic carbocycles. The van der Waals surface area contributed by atoms with Gasteiger partial charge in [0.1, 0.15) is 5.70 Å². The molecule has 8 nitrogen and oxygen atoms in total. The average Bonchev–Trinajstić information content (AvgIpc) is 3.22. The van der Waals surface area contributed by atoms with E-state index in [2.05, 4.69) is 26.9 Å². The van der Waals surface area contributed by atoms with Gasteiger partial charge < -0.3 is 15.0 Å². The lowest BCUT2D eigenvalue weighted by Crippen LogP contribution is -2.36. The van der Waals surface area contributed by atoms with Crippen molar-refractivity contribution in [2.75, 3.05) is 51.5 Å². The van der Waals surface area contributed by atoms with Crippen LogP contribution in [0.5, 0.6) is 0 Å². The number of aliphatic imine (C=N–C) groups is 2. The summed E-state index contributed by atoms with van der Waals surface area (Å²) >= 11 is 1.45. The summed E-state index contributed by atoms with van der Waals surface area (Å²) in [5.41, 5.74) is 3.03. The van der Waals surface area contributed by atoms with Gasteiger partial charge in [0.25, 0.3) is 11.8 Å². The fourth-order valence-electron chi connectivity index (χ4n) is 3.90. The second kappa shape index (κ2) is 10.7. The Labute approximate surface area is 197 Å². The number of hydrogen-bond donors (Lipinski definition) is 1. The molecule has 2 amide bonds. The summed E-state index contributed by atoms with van der Waals surface area (Å²) in [7, 11) is 1.63. The highest BCUT2D eigenvalue weighted by Crippen LogP contribution is 2.41. The van der Waals surface area contributed by atoms with E-state index in [1.165, 1.54) is 11.3 Å². The molecule has 4 rings (SSSR count). The first-order chi connectivity index (χ1) is 16.1. The van der Waals surface area contributed by atoms with Crippen LogP contribution in [0.1, 0.15) is 15.2 Å². The maximum Gasteiger partial charge on any atom is 0.276 e. The lowest BCUT2D eigenvalue weighted by atomic mass is 10.1. The summed E-state index contributed by atoms with van der Waals surface area (Å²) < 4.78 is 5.34. The highest BCUT2D eigenvalue weighted by atomic mass is 32.1. The second-order valence-corrected chi connectivity index (χ2v) is 8.73. The van der Waals surface area contributed by atoms with Gasteiger partial charge in [-0.2, -0.15) is 0 Å². The number of fused-ring (bicyclic) bond motifs is 3. The standard InChI is InChI=1S/C24H27N5O3S/c1-25-19(7-9-27-16-28-11-13-32-14-12-28)24(31)29-10-8-17-15-21(23(30)26-2)33-22(17)18-5-3-4-6-20(18)29/h3-7,9,15H,1,8,10-14,16H2,2H3,(H,26,30)/b19-7-,27-9?. The Kier molecular flexibility index (Phi) is 7.43. The van der Waals surface area contributed by atoms with Crippen molar-refractivity contribution in [3.63, 3.8) is 0 Å². The normalized spacial score (nSPS) is 16.8. The van der Waals surface area contributed by atoms with Gasteiger partial charge in [0.15, 0.2) is 0 Å². The average molecular weight is 466 g/mol. The Morgan fingerprint density at radius 1 is 1.24 bits per heavy atom. The zero-order valence-electron chi connectivity index (χ0n) is 18.6. The van der Waals surface area contributed by atoms with Gasteiger partial charge in [-0.05, 0) is 36.9 Å². The van der Waals surface area contributed by atoms with Crippen LogP contribution in [0.4, 0.5) is 5.69 Å². The maximum atomic E-state index is 13.4. The Morgan fingerprint density at radius 3 is 2.79 bits per heavy atom. The highest BCUT2D eigenvalue weighted by molar-refractivity contribution is 7.17. The molecule has 0 unspecified atom stereocenters. The van der Waals surface area contributed by atoms with E-state index in [-0.39, 0.29) is 17.5 Å². The van der Waals surface area contributed by atoms with Gasteiger partial charge in [-0.25, -0.2) is 0 Å². The molecule has 2 aliphatic rings. The number of thiophene rings is 1. The van der Waals surface area contributed by atoms with Crippen molar-refractivity contribution in [2.45, 2.75) is 6.42 Å². The fourth-order valence-corrected chi connectivity index (χ4v) is 5.09. The molecule has 1 N–H and O–H groups in total. The van der Waals surface area contributed by atoms with Gasteiger partial charge in [-0.15, -0.1) is 11.3 Å². The van der Waals surface area contributed by atoms with E-state index in [0.29, 0.717) is 37.7 Å². The third kappa shape index (κ3) is 5.11. The molecule has 2 aliphatic heterocycles. The predicted octanol–water partition coefficient (Wildman–Crippen LogP) is 2.61. The first-order valence-corrected chi connectivity index (χ1v) is 11.7. The van der Waals surface area contributed by atoms with E-state index >= 15 is 0 Å². The molecular formula is C24H27N5O3S. The number of rotatable bonds is 6. The van der Waals surface area contributed by atoms with Gasteiger partial charge in [0.05, 0.1) is 30.4 Å². The third-order valence-electron chi connectivity index (χ3n) is 5.66. The van der Waals surface area contributed by atoms with E-state index in [9.17, 15) is 9.59 Å². The quantitative estimate of drug-likeness (QED) is 0.525. The molecule has 0 bridgehead atoms. The number of carbonyl (C=O) groups is 2. The summed E-state index contributed by atoms with van der Waals surface area (Å²) in [5.74, 6) is -0.326. The SMILES string of the molecule is C=N/C(=C\C=NCN1CCOCC1)C(=O)N1CCc2cc(C(=O)NC)sc2-c2ccccc21. The van der Waals surface area contributed by atoms with E-state index in [0.717, 1.165) is 34.8 Å². The molecule has 0 atom stereocenters. The molecule has 1 fully saturated rings. The second-order valence-electron chi connectivity index (χ2n) is 7.68. The van der Waals surface area contributed by atoms with E-state index in [1.807, 2.05) is 30.3 Å². The van der Waals surface area contributed by atoms with Gasteiger partial charge in [0.2, 0.25) is 0 Å². The first kappa shape index (κ1) is 23.0. The zero-order chi connectivity index (χ0) is 23.2. The van der Waals surface area contributed by atoms with Crippen molar-refractivity contribution >= 4 is 41.8 Å². The maximum absolute atomic E-state index is 13.4. The van der Waals surface area contributed by atoms with Crippen LogP contribution in [-0.2, 0) is 16.0 Å². The molecule has 0 spiro atoms. The highest BCUT2D eigenvalue weighted by Gasteiger charge is 2.28. The van der Waals surface area contributed by atoms with E-state index < -0.39 is 0 Å². The Bertz CT molecular complexity index is 1100. The van der Waals surface area contributed by atoms with Gasteiger partial charge in [-0.1, -0.05) is 18.2 Å². The lowest BCUT2D eigenvalue weighted by molar-refractivity contribution is -0.115. The summed E-state index contributed by atoms with van der Waals surface area (Å²) in [6.07, 6.45) is 3.87. The van der Waals surface area contributed by atoms with Crippen LogP contribution in [0, 0.1) is 0 Å². The minimum Gasteiger partial charge on any atom is -0.379 e. The lowest BCUT2D eigenvalue weighted by Gasteiger charge is -2.24. The van der Waals surface area contributed by atoms with Crippen molar-refractivity contribution in [3.05, 3.63) is 52.5 Å². The molecule has 172 valence electrons. The van der Waals surface area contributed by atoms with Crippen molar-refractivity contribution in [2.24, 2.45) is 9.98 Å². The van der Waals surface area contributed by atoms with Gasteiger partial charge >= 0.3 is 0 Å². The summed E-state index contributed by atoms with van der Waals surface area (Å²) in [6, 6.07) is 9.68.